The van der Waals surface area contributed by atoms with E-state index in [0.717, 1.165) is 23.7 Å². The van der Waals surface area contributed by atoms with E-state index in [9.17, 15) is 4.39 Å². The third kappa shape index (κ3) is 1.53. The Kier molecular flexibility index (Phi) is 2.47. The Labute approximate surface area is 109 Å². The molecule has 4 heteroatoms. The molecule has 0 bridgehead atoms. The smallest absolute Gasteiger partial charge is 0.124 e. The highest BCUT2D eigenvalue weighted by Gasteiger charge is 2.58. The van der Waals surface area contributed by atoms with Crippen LogP contribution in [-0.2, 0) is 5.41 Å². The Bertz CT molecular complexity index is 582. The van der Waals surface area contributed by atoms with Gasteiger partial charge in [0.2, 0.25) is 0 Å². The van der Waals surface area contributed by atoms with Crippen LogP contribution in [0, 0.1) is 11.7 Å². The summed E-state index contributed by atoms with van der Waals surface area (Å²) in [5.41, 5.74) is 0.403. The van der Waals surface area contributed by atoms with Crippen LogP contribution in [0.3, 0.4) is 0 Å². The number of thiophene rings is 1. The van der Waals surface area contributed by atoms with Gasteiger partial charge in [-0.25, -0.2) is 4.39 Å². The van der Waals surface area contributed by atoms with Crippen molar-refractivity contribution >= 4 is 33.8 Å². The largest absolute Gasteiger partial charge is 0.315 e. The van der Waals surface area contributed by atoms with E-state index in [4.69, 9.17) is 0 Å². The lowest BCUT2D eigenvalue weighted by molar-refractivity contribution is 0.630. The highest BCUT2D eigenvalue weighted by Crippen LogP contribution is 2.58. The topological polar surface area (TPSA) is 12.0 Å². The minimum atomic E-state index is -0.129. The molecule has 4 rings (SSSR count). The molecule has 2 atom stereocenters. The normalized spacial score (nSPS) is 30.1. The third-order valence-corrected chi connectivity index (χ3v) is 5.35. The molecule has 2 fully saturated rings. The number of nitrogens with one attached hydrogen (secondary N) is 1. The van der Waals surface area contributed by atoms with E-state index in [-0.39, 0.29) is 18.2 Å². The lowest BCUT2D eigenvalue weighted by Gasteiger charge is -2.07. The van der Waals surface area contributed by atoms with E-state index >= 15 is 0 Å². The molecule has 0 radical (unpaired) electrons. The van der Waals surface area contributed by atoms with Crippen LogP contribution >= 0.6 is 23.7 Å². The maximum Gasteiger partial charge on any atom is 0.124 e. The fraction of sp³-hybridized carbons (Fsp3) is 0.385. The van der Waals surface area contributed by atoms with Crippen LogP contribution in [-0.4, -0.2) is 13.1 Å². The minimum Gasteiger partial charge on any atom is -0.315 e. The van der Waals surface area contributed by atoms with Crippen molar-refractivity contribution in [1.29, 1.82) is 0 Å². The van der Waals surface area contributed by atoms with Crippen LogP contribution in [0.4, 0.5) is 4.39 Å². The standard InChI is InChI=1S/C13H12FNS.ClH/c14-10-2-1-8-3-12(16-11(8)4-10)13-5-9(13)6-15-7-13;/h1-4,9,15H,5-7H2;1H/t9-,13-;/m0./s1. The zero-order valence-corrected chi connectivity index (χ0v) is 10.8. The van der Waals surface area contributed by atoms with Gasteiger partial charge in [-0.1, -0.05) is 6.07 Å². The summed E-state index contributed by atoms with van der Waals surface area (Å²) in [5.74, 6) is 0.695. The molecule has 0 unspecified atom stereocenters. The molecule has 1 N–H and O–H groups in total. The van der Waals surface area contributed by atoms with Crippen LogP contribution in [0.15, 0.2) is 24.3 Å². The molecule has 2 heterocycles. The predicted molar refractivity (Wildman–Crippen MR) is 71.7 cm³/mol. The van der Waals surface area contributed by atoms with Crippen LogP contribution in [0.5, 0.6) is 0 Å². The van der Waals surface area contributed by atoms with Gasteiger partial charge < -0.3 is 5.32 Å². The summed E-state index contributed by atoms with van der Waals surface area (Å²) >= 11 is 1.77. The van der Waals surface area contributed by atoms with Gasteiger partial charge in [-0.2, -0.15) is 0 Å². The van der Waals surface area contributed by atoms with Crippen molar-refractivity contribution in [3.05, 3.63) is 35.0 Å². The zero-order valence-electron chi connectivity index (χ0n) is 9.20. The summed E-state index contributed by atoms with van der Waals surface area (Å²) < 4.78 is 14.2. The number of fused-ring (bicyclic) bond motifs is 2. The van der Waals surface area contributed by atoms with Crippen LogP contribution in [0.2, 0.25) is 0 Å². The zero-order chi connectivity index (χ0) is 10.8. The second kappa shape index (κ2) is 3.67. The molecule has 1 aliphatic heterocycles. The number of rotatable bonds is 1. The first-order chi connectivity index (χ1) is 7.78. The van der Waals surface area contributed by atoms with Gasteiger partial charge in [0, 0.05) is 21.5 Å². The van der Waals surface area contributed by atoms with E-state index in [1.807, 2.05) is 6.07 Å². The van der Waals surface area contributed by atoms with Crippen molar-refractivity contribution in [2.45, 2.75) is 11.8 Å². The first kappa shape index (κ1) is 11.5. The molecule has 0 amide bonds. The fourth-order valence-electron chi connectivity index (χ4n) is 2.97. The minimum absolute atomic E-state index is 0. The van der Waals surface area contributed by atoms with Gasteiger partial charge in [0.15, 0.2) is 0 Å². The molecule has 1 nitrogen and oxygen atoms in total. The average molecular weight is 270 g/mol. The molecule has 2 aliphatic rings. The maximum atomic E-state index is 13.1. The molecular formula is C13H13ClFNS. The van der Waals surface area contributed by atoms with Gasteiger partial charge in [-0.3, -0.25) is 0 Å². The summed E-state index contributed by atoms with van der Waals surface area (Å²) in [7, 11) is 0. The quantitative estimate of drug-likeness (QED) is 0.837. The monoisotopic (exact) mass is 269 g/mol. The Morgan fingerprint density at radius 3 is 2.94 bits per heavy atom. The molecule has 17 heavy (non-hydrogen) atoms. The highest BCUT2D eigenvalue weighted by atomic mass is 35.5. The lowest BCUT2D eigenvalue weighted by Crippen LogP contribution is -2.18. The van der Waals surface area contributed by atoms with Crippen molar-refractivity contribution in [1.82, 2.24) is 5.32 Å². The third-order valence-electron chi connectivity index (χ3n) is 4.04. The van der Waals surface area contributed by atoms with Crippen molar-refractivity contribution in [2.75, 3.05) is 13.1 Å². The molecule has 1 aromatic heterocycles. The fourth-order valence-corrected chi connectivity index (χ4v) is 4.34. The Balaban J connectivity index is 0.000000902. The van der Waals surface area contributed by atoms with Gasteiger partial charge in [0.1, 0.15) is 5.82 Å². The highest BCUT2D eigenvalue weighted by molar-refractivity contribution is 7.19. The number of piperidine rings is 1. The van der Waals surface area contributed by atoms with Crippen molar-refractivity contribution in [2.24, 2.45) is 5.92 Å². The average Bonchev–Trinajstić information content (AvgIpc) is 2.69. The molecule has 1 saturated heterocycles. The number of hydrogen-bond acceptors (Lipinski definition) is 2. The number of benzene rings is 1. The van der Waals surface area contributed by atoms with Crippen molar-refractivity contribution in [3.8, 4) is 0 Å². The molecule has 2 aromatic rings. The van der Waals surface area contributed by atoms with Crippen LogP contribution < -0.4 is 5.32 Å². The van der Waals surface area contributed by atoms with Gasteiger partial charge in [0.05, 0.1) is 0 Å². The summed E-state index contributed by atoms with van der Waals surface area (Å²) in [4.78, 5) is 1.45. The number of halogens is 2. The second-order valence-corrected chi connectivity index (χ2v) is 6.06. The van der Waals surface area contributed by atoms with Crippen molar-refractivity contribution < 1.29 is 4.39 Å². The molecule has 1 aromatic carbocycles. The molecule has 90 valence electrons. The SMILES string of the molecule is Cl.Fc1ccc2cc([C@@]34CNC[C@@H]3C4)sc2c1. The van der Waals surface area contributed by atoms with E-state index in [2.05, 4.69) is 11.4 Å². The first-order valence-corrected chi connectivity index (χ1v) is 6.50. The van der Waals surface area contributed by atoms with E-state index in [1.54, 1.807) is 23.5 Å². The molecular weight excluding hydrogens is 257 g/mol. The van der Waals surface area contributed by atoms with Crippen molar-refractivity contribution in [3.63, 3.8) is 0 Å². The second-order valence-electron chi connectivity index (χ2n) is 4.98. The molecule has 0 spiro atoms. The van der Waals surface area contributed by atoms with Gasteiger partial charge in [-0.15, -0.1) is 23.7 Å². The molecule has 1 saturated carbocycles. The first-order valence-electron chi connectivity index (χ1n) is 5.68. The Hall–Kier alpha value is -0.640. The van der Waals surface area contributed by atoms with E-state index < -0.39 is 0 Å². The van der Waals surface area contributed by atoms with Crippen LogP contribution in [0.25, 0.3) is 10.1 Å². The summed E-state index contributed by atoms with van der Waals surface area (Å²) in [6, 6.07) is 7.35. The van der Waals surface area contributed by atoms with E-state index in [1.165, 1.54) is 16.7 Å². The maximum absolute atomic E-state index is 13.1. The lowest BCUT2D eigenvalue weighted by atomic mass is 10.0. The van der Waals surface area contributed by atoms with Gasteiger partial charge in [-0.05, 0) is 42.5 Å². The predicted octanol–water partition coefficient (Wildman–Crippen LogP) is 3.32. The van der Waals surface area contributed by atoms with Gasteiger partial charge in [0.25, 0.3) is 0 Å². The van der Waals surface area contributed by atoms with E-state index in [0.29, 0.717) is 5.41 Å². The summed E-state index contributed by atoms with van der Waals surface area (Å²) in [6.45, 7) is 2.26. The number of hydrogen-bond donors (Lipinski definition) is 1. The Morgan fingerprint density at radius 1 is 1.35 bits per heavy atom. The van der Waals surface area contributed by atoms with Crippen LogP contribution in [0.1, 0.15) is 11.3 Å². The summed E-state index contributed by atoms with van der Waals surface area (Å²) in [5, 5.41) is 4.64. The Morgan fingerprint density at radius 2 is 2.24 bits per heavy atom. The van der Waals surface area contributed by atoms with Gasteiger partial charge >= 0.3 is 0 Å². The molecule has 1 aliphatic carbocycles. The summed E-state index contributed by atoms with van der Waals surface area (Å²) in [6.07, 6.45) is 1.31.